The van der Waals surface area contributed by atoms with Crippen molar-refractivity contribution in [3.05, 3.63) is 146 Å². The minimum atomic E-state index is 1.26. The Morgan fingerprint density at radius 3 is 0.925 bits per heavy atom. The predicted molar refractivity (Wildman–Crippen MR) is 174 cm³/mol. The van der Waals surface area contributed by atoms with E-state index in [0.29, 0.717) is 0 Å². The monoisotopic (exact) mass is 504 g/mol. The van der Waals surface area contributed by atoms with Crippen molar-refractivity contribution in [3.8, 4) is 22.3 Å². The topological polar surface area (TPSA) is 0 Å². The summed E-state index contributed by atoms with van der Waals surface area (Å²) in [5.74, 6) is 0. The van der Waals surface area contributed by atoms with Crippen molar-refractivity contribution >= 4 is 64.6 Å². The van der Waals surface area contributed by atoms with Crippen LogP contribution in [0.5, 0.6) is 0 Å². The molecule has 9 aromatic carbocycles. The van der Waals surface area contributed by atoms with Gasteiger partial charge in [0.25, 0.3) is 0 Å². The Morgan fingerprint density at radius 1 is 0.200 bits per heavy atom. The molecule has 0 amide bonds. The van der Waals surface area contributed by atoms with E-state index in [0.717, 1.165) is 0 Å². The maximum absolute atomic E-state index is 2.33. The standard InChI is InChI=1S/C40H24/c1-3-13-25(14-4-1)35-27-17-7-9-19-31(27)39-37-29(21-11-23-33(35)37)30-22-12-24-34-36(26-15-5-2-6-16-26)28-18-8-10-20-32(28)40(39)38(30)34/h1-24H. The van der Waals surface area contributed by atoms with E-state index >= 15 is 0 Å². The van der Waals surface area contributed by atoms with Crippen molar-refractivity contribution in [1.82, 2.24) is 0 Å². The molecule has 0 heteroatoms. The fourth-order valence-corrected chi connectivity index (χ4v) is 7.26. The second kappa shape index (κ2) is 8.15. The lowest BCUT2D eigenvalue weighted by Crippen LogP contribution is -1.94. The van der Waals surface area contributed by atoms with Crippen LogP contribution in [-0.4, -0.2) is 0 Å². The molecule has 0 fully saturated rings. The minimum absolute atomic E-state index is 1.26. The molecule has 0 aliphatic carbocycles. The fourth-order valence-electron chi connectivity index (χ4n) is 7.26. The first kappa shape index (κ1) is 21.7. The summed E-state index contributed by atoms with van der Waals surface area (Å²) in [5.41, 5.74) is 5.15. The zero-order chi connectivity index (χ0) is 26.2. The average molecular weight is 505 g/mol. The Kier molecular flexibility index (Phi) is 4.42. The molecule has 40 heavy (non-hydrogen) atoms. The molecule has 0 aliphatic rings. The molecule has 0 nitrogen and oxygen atoms in total. The number of hydrogen-bond acceptors (Lipinski definition) is 0. The van der Waals surface area contributed by atoms with E-state index in [-0.39, 0.29) is 0 Å². The highest BCUT2D eigenvalue weighted by Gasteiger charge is 2.22. The minimum Gasteiger partial charge on any atom is -0.0622 e. The van der Waals surface area contributed by atoms with E-state index in [4.69, 9.17) is 0 Å². The Hall–Kier alpha value is -5.20. The molecule has 184 valence electrons. The highest BCUT2D eigenvalue weighted by molar-refractivity contribution is 6.45. The summed E-state index contributed by atoms with van der Waals surface area (Å²) in [4.78, 5) is 0. The van der Waals surface area contributed by atoms with Gasteiger partial charge in [-0.3, -0.25) is 0 Å². The molecule has 0 atom stereocenters. The summed E-state index contributed by atoms with van der Waals surface area (Å²) in [6.07, 6.45) is 0. The lowest BCUT2D eigenvalue weighted by atomic mass is 9.80. The van der Waals surface area contributed by atoms with Crippen LogP contribution >= 0.6 is 0 Å². The summed E-state index contributed by atoms with van der Waals surface area (Å²) in [6.45, 7) is 0. The zero-order valence-electron chi connectivity index (χ0n) is 21.9. The van der Waals surface area contributed by atoms with E-state index in [1.807, 2.05) is 0 Å². The normalized spacial score (nSPS) is 12.0. The van der Waals surface area contributed by atoms with Crippen molar-refractivity contribution < 1.29 is 0 Å². The maximum Gasteiger partial charge on any atom is -0.000740 e. The third-order valence-corrected chi connectivity index (χ3v) is 8.76. The summed E-state index contributed by atoms with van der Waals surface area (Å²) in [7, 11) is 0. The quantitative estimate of drug-likeness (QED) is 0.162. The van der Waals surface area contributed by atoms with Gasteiger partial charge in [0.1, 0.15) is 0 Å². The first-order valence-electron chi connectivity index (χ1n) is 14.0. The van der Waals surface area contributed by atoms with Crippen LogP contribution in [0.15, 0.2) is 146 Å². The van der Waals surface area contributed by atoms with Crippen molar-refractivity contribution in [2.75, 3.05) is 0 Å². The van der Waals surface area contributed by atoms with Gasteiger partial charge in [-0.1, -0.05) is 146 Å². The van der Waals surface area contributed by atoms with Crippen LogP contribution in [0.4, 0.5) is 0 Å². The van der Waals surface area contributed by atoms with Crippen LogP contribution in [0.1, 0.15) is 0 Å². The van der Waals surface area contributed by atoms with E-state index in [2.05, 4.69) is 146 Å². The fraction of sp³-hybridized carbons (Fsp3) is 0. The summed E-state index contributed by atoms with van der Waals surface area (Å²) in [5, 5.41) is 16.0. The second-order valence-electron chi connectivity index (χ2n) is 10.8. The smallest absolute Gasteiger partial charge is 0.000740 e. The third kappa shape index (κ3) is 2.80. The molecule has 0 spiro atoms. The van der Waals surface area contributed by atoms with Gasteiger partial charge in [0.05, 0.1) is 0 Å². The van der Waals surface area contributed by atoms with Crippen molar-refractivity contribution in [2.45, 2.75) is 0 Å². The Morgan fingerprint density at radius 2 is 0.500 bits per heavy atom. The molecule has 0 saturated heterocycles. The Balaban J connectivity index is 1.65. The van der Waals surface area contributed by atoms with E-state index < -0.39 is 0 Å². The molecule has 9 aromatic rings. The molecule has 0 heterocycles. The van der Waals surface area contributed by atoms with Crippen LogP contribution < -0.4 is 0 Å². The Bertz CT molecular complexity index is 2220. The molecule has 0 unspecified atom stereocenters. The van der Waals surface area contributed by atoms with Crippen molar-refractivity contribution in [2.24, 2.45) is 0 Å². The second-order valence-corrected chi connectivity index (χ2v) is 10.8. The number of fused-ring (bicyclic) bond motifs is 6. The lowest BCUT2D eigenvalue weighted by Gasteiger charge is -2.22. The first-order valence-corrected chi connectivity index (χ1v) is 14.0. The van der Waals surface area contributed by atoms with Gasteiger partial charge in [0.2, 0.25) is 0 Å². The number of rotatable bonds is 2. The van der Waals surface area contributed by atoms with Gasteiger partial charge in [0, 0.05) is 0 Å². The molecule has 0 aromatic heterocycles. The number of hydrogen-bond donors (Lipinski definition) is 0. The van der Waals surface area contributed by atoms with Gasteiger partial charge in [-0.25, -0.2) is 0 Å². The van der Waals surface area contributed by atoms with Crippen molar-refractivity contribution in [3.63, 3.8) is 0 Å². The molecule has 0 N–H and O–H groups in total. The molecule has 0 saturated carbocycles. The maximum atomic E-state index is 2.33. The molecular formula is C40H24. The van der Waals surface area contributed by atoms with E-state index in [1.54, 1.807) is 0 Å². The van der Waals surface area contributed by atoms with Crippen LogP contribution in [-0.2, 0) is 0 Å². The average Bonchev–Trinajstić information content (AvgIpc) is 3.03. The Labute approximate surface area is 232 Å². The van der Waals surface area contributed by atoms with Crippen LogP contribution in [0.2, 0.25) is 0 Å². The van der Waals surface area contributed by atoms with Gasteiger partial charge in [-0.15, -0.1) is 0 Å². The molecule has 9 rings (SSSR count). The van der Waals surface area contributed by atoms with Crippen LogP contribution in [0.3, 0.4) is 0 Å². The number of benzene rings is 9. The first-order chi connectivity index (χ1) is 19.9. The zero-order valence-corrected chi connectivity index (χ0v) is 21.9. The van der Waals surface area contributed by atoms with Gasteiger partial charge < -0.3 is 0 Å². The summed E-state index contributed by atoms with van der Waals surface area (Å²) >= 11 is 0. The van der Waals surface area contributed by atoms with Gasteiger partial charge in [0.15, 0.2) is 0 Å². The molecule has 0 radical (unpaired) electrons. The van der Waals surface area contributed by atoms with E-state index in [1.165, 1.54) is 86.9 Å². The van der Waals surface area contributed by atoms with Crippen molar-refractivity contribution in [1.29, 1.82) is 0 Å². The highest BCUT2D eigenvalue weighted by Crippen LogP contribution is 2.51. The SMILES string of the molecule is c1ccc(-c2c3ccccc3c3c4c2cccc4c2cccc4c(-c5ccccc5)c5ccccc5c3c42)cc1. The predicted octanol–water partition coefficient (Wildman–Crippen LogP) is 11.4. The van der Waals surface area contributed by atoms with Gasteiger partial charge in [-0.2, -0.15) is 0 Å². The third-order valence-electron chi connectivity index (χ3n) is 8.76. The summed E-state index contributed by atoms with van der Waals surface area (Å²) in [6, 6.07) is 53.6. The van der Waals surface area contributed by atoms with Crippen LogP contribution in [0, 0.1) is 0 Å². The van der Waals surface area contributed by atoms with Gasteiger partial charge >= 0.3 is 0 Å². The largest absolute Gasteiger partial charge is 0.0622 e. The summed E-state index contributed by atoms with van der Waals surface area (Å²) < 4.78 is 0. The lowest BCUT2D eigenvalue weighted by molar-refractivity contribution is 1.68. The highest BCUT2D eigenvalue weighted by atomic mass is 14.2. The molecule has 0 bridgehead atoms. The molecular weight excluding hydrogens is 480 g/mol. The van der Waals surface area contributed by atoms with Crippen LogP contribution in [0.25, 0.3) is 86.9 Å². The van der Waals surface area contributed by atoms with E-state index in [9.17, 15) is 0 Å². The van der Waals surface area contributed by atoms with Gasteiger partial charge in [-0.05, 0) is 86.9 Å². The molecule has 0 aliphatic heterocycles.